The van der Waals surface area contributed by atoms with Gasteiger partial charge < -0.3 is 31.5 Å². The van der Waals surface area contributed by atoms with Gasteiger partial charge in [0.05, 0.1) is 34.6 Å². The zero-order chi connectivity index (χ0) is 40.1. The third-order valence-corrected chi connectivity index (χ3v) is 10.2. The normalized spacial score (nSPS) is 14.9. The van der Waals surface area contributed by atoms with Crippen molar-refractivity contribution in [1.29, 1.82) is 0 Å². The van der Waals surface area contributed by atoms with Gasteiger partial charge in [0.2, 0.25) is 17.7 Å². The summed E-state index contributed by atoms with van der Waals surface area (Å²) in [6.07, 6.45) is 3.23. The van der Waals surface area contributed by atoms with E-state index in [9.17, 15) is 28.8 Å². The second kappa shape index (κ2) is 16.7. The summed E-state index contributed by atoms with van der Waals surface area (Å²) < 4.78 is 0. The van der Waals surface area contributed by atoms with Gasteiger partial charge in [-0.25, -0.2) is 0 Å². The summed E-state index contributed by atoms with van der Waals surface area (Å²) in [6, 6.07) is 27.2. The molecule has 7 rings (SSSR count). The minimum Gasteiger partial charge on any atom is -0.365 e. The number of primary amides is 1. The van der Waals surface area contributed by atoms with Crippen LogP contribution in [-0.4, -0.2) is 78.1 Å². The summed E-state index contributed by atoms with van der Waals surface area (Å²) in [7, 11) is 1.74. The van der Waals surface area contributed by atoms with Crippen molar-refractivity contribution in [1.82, 2.24) is 25.8 Å². The Balaban J connectivity index is 0.865. The molecule has 6 N–H and O–H groups in total. The van der Waals surface area contributed by atoms with Crippen molar-refractivity contribution in [3.8, 4) is 11.1 Å². The highest BCUT2D eigenvalue weighted by molar-refractivity contribution is 6.09. The molecule has 2 aliphatic heterocycles. The number of hydrogen-bond donors (Lipinski definition) is 5. The van der Waals surface area contributed by atoms with Crippen molar-refractivity contribution in [2.75, 3.05) is 36.9 Å². The van der Waals surface area contributed by atoms with Crippen molar-refractivity contribution >= 4 is 63.4 Å². The lowest BCUT2D eigenvalue weighted by atomic mass is 10.0. The lowest BCUT2D eigenvalue weighted by Gasteiger charge is -2.29. The van der Waals surface area contributed by atoms with Crippen molar-refractivity contribution in [2.45, 2.75) is 38.3 Å². The van der Waals surface area contributed by atoms with E-state index in [0.717, 1.165) is 27.8 Å². The van der Waals surface area contributed by atoms with Crippen LogP contribution in [0.3, 0.4) is 0 Å². The highest BCUT2D eigenvalue weighted by Gasteiger charge is 2.40. The zero-order valence-electron chi connectivity index (χ0n) is 31.3. The lowest BCUT2D eigenvalue weighted by molar-refractivity contribution is -0.137. The van der Waals surface area contributed by atoms with Gasteiger partial charge in [-0.3, -0.25) is 39.1 Å². The molecule has 14 heteroatoms. The van der Waals surface area contributed by atoms with E-state index in [4.69, 9.17) is 5.73 Å². The van der Waals surface area contributed by atoms with Gasteiger partial charge in [-0.1, -0.05) is 54.6 Å². The van der Waals surface area contributed by atoms with Crippen molar-refractivity contribution in [3.05, 3.63) is 119 Å². The summed E-state index contributed by atoms with van der Waals surface area (Å²) in [5, 5.41) is 12.2. The molecule has 1 aromatic heterocycles. The highest BCUT2D eigenvalue weighted by Crippen LogP contribution is 2.34. The number of para-hydroxylation sites is 1. The molecule has 0 aliphatic carbocycles. The SMILES string of the molecule is CN(CC(=O)NCCCCNC(=O)c1ccc(-c2ccc3c(Nc4ccccc4)c(C(N)=O)cnc3c2)cc1)c1cccc2c1C(=O)N(C1CCC(=O)NC1=O)C2. The van der Waals surface area contributed by atoms with Crippen molar-refractivity contribution < 1.29 is 28.8 Å². The number of hydrogen-bond acceptors (Lipinski definition) is 9. The minimum absolute atomic E-state index is 0.0212. The number of nitrogens with two attached hydrogens (primary N) is 1. The van der Waals surface area contributed by atoms with E-state index < -0.39 is 17.9 Å². The van der Waals surface area contributed by atoms with E-state index in [1.165, 1.54) is 11.1 Å². The summed E-state index contributed by atoms with van der Waals surface area (Å²) in [5.74, 6) is -2.10. The number of amides is 6. The van der Waals surface area contributed by atoms with Crippen LogP contribution in [0.4, 0.5) is 17.1 Å². The number of imide groups is 1. The Hall–Kier alpha value is -7.09. The number of likely N-dealkylation sites (N-methyl/N-ethyl adjacent to an activating group) is 1. The molecular formula is C43H42N8O6. The van der Waals surface area contributed by atoms with Crippen LogP contribution in [-0.2, 0) is 20.9 Å². The first-order valence-corrected chi connectivity index (χ1v) is 18.7. The molecular weight excluding hydrogens is 725 g/mol. The summed E-state index contributed by atoms with van der Waals surface area (Å²) in [4.78, 5) is 83.1. The first-order chi connectivity index (χ1) is 27.6. The number of unbranched alkanes of at least 4 members (excludes halogenated alkanes) is 1. The molecule has 4 aromatic carbocycles. The fourth-order valence-corrected chi connectivity index (χ4v) is 7.23. The quantitative estimate of drug-likeness (QED) is 0.0810. The van der Waals surface area contributed by atoms with Crippen LogP contribution in [0.15, 0.2) is 97.2 Å². The Morgan fingerprint density at radius 1 is 0.895 bits per heavy atom. The van der Waals surface area contributed by atoms with Gasteiger partial charge in [-0.2, -0.15) is 0 Å². The van der Waals surface area contributed by atoms with E-state index in [-0.39, 0.29) is 55.1 Å². The van der Waals surface area contributed by atoms with Crippen molar-refractivity contribution in [3.63, 3.8) is 0 Å². The number of carbonyl (C=O) groups excluding carboxylic acids is 6. The smallest absolute Gasteiger partial charge is 0.257 e. The molecule has 3 heterocycles. The summed E-state index contributed by atoms with van der Waals surface area (Å²) in [6.45, 7) is 1.13. The Kier molecular flexibility index (Phi) is 11.2. The topological polar surface area (TPSA) is 196 Å². The monoisotopic (exact) mass is 766 g/mol. The molecule has 6 amide bonds. The van der Waals surface area contributed by atoms with Crippen LogP contribution in [0.25, 0.3) is 22.0 Å². The Labute approximate surface area is 328 Å². The van der Waals surface area contributed by atoms with Gasteiger partial charge in [0.25, 0.3) is 17.7 Å². The maximum Gasteiger partial charge on any atom is 0.257 e. The number of nitrogens with zero attached hydrogens (tertiary/aromatic N) is 3. The third kappa shape index (κ3) is 8.44. The van der Waals surface area contributed by atoms with Gasteiger partial charge in [0.1, 0.15) is 6.04 Å². The largest absolute Gasteiger partial charge is 0.365 e. The van der Waals surface area contributed by atoms with E-state index in [1.807, 2.05) is 72.8 Å². The predicted molar refractivity (Wildman–Crippen MR) is 216 cm³/mol. The molecule has 57 heavy (non-hydrogen) atoms. The number of anilines is 3. The third-order valence-electron chi connectivity index (χ3n) is 10.2. The average molecular weight is 767 g/mol. The molecule has 290 valence electrons. The van der Waals surface area contributed by atoms with Gasteiger partial charge in [-0.05, 0) is 72.4 Å². The Morgan fingerprint density at radius 3 is 2.37 bits per heavy atom. The molecule has 1 atom stereocenters. The predicted octanol–water partition coefficient (Wildman–Crippen LogP) is 4.27. The van der Waals surface area contributed by atoms with Crippen LogP contribution < -0.4 is 31.9 Å². The number of benzene rings is 4. The maximum atomic E-state index is 13.4. The fraction of sp³-hybridized carbons (Fsp3) is 0.233. The van der Waals surface area contributed by atoms with Crippen LogP contribution in [0.5, 0.6) is 0 Å². The zero-order valence-corrected chi connectivity index (χ0v) is 31.3. The minimum atomic E-state index is -0.713. The molecule has 5 aromatic rings. The summed E-state index contributed by atoms with van der Waals surface area (Å²) >= 11 is 0. The molecule has 0 spiro atoms. The van der Waals surface area contributed by atoms with Gasteiger partial charge >= 0.3 is 0 Å². The molecule has 1 saturated heterocycles. The molecule has 0 saturated carbocycles. The molecule has 0 radical (unpaired) electrons. The van der Waals surface area contributed by atoms with Gasteiger partial charge in [-0.15, -0.1) is 0 Å². The number of rotatable bonds is 14. The van der Waals surface area contributed by atoms with E-state index >= 15 is 0 Å². The number of fused-ring (bicyclic) bond motifs is 2. The molecule has 14 nitrogen and oxygen atoms in total. The van der Waals surface area contributed by atoms with Gasteiger partial charge in [0, 0.05) is 55.9 Å². The lowest BCUT2D eigenvalue weighted by Crippen LogP contribution is -2.52. The Morgan fingerprint density at radius 2 is 1.63 bits per heavy atom. The van der Waals surface area contributed by atoms with Crippen molar-refractivity contribution in [2.24, 2.45) is 5.73 Å². The Bertz CT molecular complexity index is 2380. The van der Waals surface area contributed by atoms with Crippen LogP contribution in [0.2, 0.25) is 0 Å². The second-order valence-electron chi connectivity index (χ2n) is 14.1. The van der Waals surface area contributed by atoms with Crippen LogP contribution in [0, 0.1) is 0 Å². The standard InChI is InChI=1S/C43H42N8O6/c1-50(34-11-7-8-29-24-51(43(57)38(29)34)35-18-19-36(52)49-42(35)56)25-37(53)45-20-5-6-21-46-41(55)27-14-12-26(13-15-27)28-16-17-31-33(22-28)47-23-32(40(44)54)39(31)48-30-9-3-2-4-10-30/h2-4,7-17,22-23,35H,5-6,18-21,24-25H2,1H3,(H2,44,54)(H,45,53)(H,46,55)(H,47,48)(H,49,52,56). The van der Waals surface area contributed by atoms with Crippen LogP contribution in [0.1, 0.15) is 62.3 Å². The number of pyridine rings is 1. The maximum absolute atomic E-state index is 13.4. The second-order valence-corrected chi connectivity index (χ2v) is 14.1. The first-order valence-electron chi connectivity index (χ1n) is 18.7. The molecule has 2 aliphatic rings. The summed E-state index contributed by atoms with van der Waals surface area (Å²) in [5.41, 5.74) is 12.1. The first kappa shape index (κ1) is 38.2. The average Bonchev–Trinajstić information content (AvgIpc) is 3.54. The van der Waals surface area contributed by atoms with Gasteiger partial charge in [0.15, 0.2) is 0 Å². The van der Waals surface area contributed by atoms with Crippen LogP contribution >= 0.6 is 0 Å². The molecule has 0 bridgehead atoms. The number of nitrogens with one attached hydrogen (secondary N) is 4. The number of piperidine rings is 1. The van der Waals surface area contributed by atoms with E-state index in [0.29, 0.717) is 53.9 Å². The number of carbonyl (C=O) groups is 6. The number of aromatic nitrogens is 1. The fourth-order valence-electron chi connectivity index (χ4n) is 7.23. The highest BCUT2D eigenvalue weighted by atomic mass is 16.2. The van der Waals surface area contributed by atoms with E-state index in [1.54, 1.807) is 30.1 Å². The van der Waals surface area contributed by atoms with E-state index in [2.05, 4.69) is 26.3 Å². The molecule has 1 fully saturated rings. The molecule has 1 unspecified atom stereocenters.